The molecule has 0 aliphatic rings. The van der Waals surface area contributed by atoms with Crippen molar-refractivity contribution >= 4 is 22.4 Å². The summed E-state index contributed by atoms with van der Waals surface area (Å²) in [5.74, 6) is 0.730. The smallest absolute Gasteiger partial charge is 0.230 e. The van der Waals surface area contributed by atoms with Gasteiger partial charge in [-0.2, -0.15) is 0 Å². The molecule has 0 saturated heterocycles. The van der Waals surface area contributed by atoms with Gasteiger partial charge >= 0.3 is 0 Å². The van der Waals surface area contributed by atoms with Gasteiger partial charge in [-0.1, -0.05) is 30.4 Å². The molecule has 0 fully saturated rings. The van der Waals surface area contributed by atoms with Gasteiger partial charge in [0.25, 0.3) is 0 Å². The van der Waals surface area contributed by atoms with Crippen LogP contribution in [0.3, 0.4) is 0 Å². The second-order valence-corrected chi connectivity index (χ2v) is 5.61. The third kappa shape index (κ3) is 4.82. The van der Waals surface area contributed by atoms with Crippen LogP contribution in [0, 0.1) is 0 Å². The van der Waals surface area contributed by atoms with E-state index in [1.165, 1.54) is 11.3 Å². The minimum absolute atomic E-state index is 0.0849. The third-order valence-electron chi connectivity index (χ3n) is 2.78. The van der Waals surface area contributed by atoms with E-state index < -0.39 is 0 Å². The van der Waals surface area contributed by atoms with E-state index in [1.54, 1.807) is 0 Å². The average molecular weight is 305 g/mol. The number of carbonyl (C=O) groups excluding carboxylic acids is 1. The van der Waals surface area contributed by atoms with Gasteiger partial charge in [0.2, 0.25) is 11.0 Å². The number of hydrogen-bond acceptors (Lipinski definition) is 5. The zero-order chi connectivity index (χ0) is 15.1. The maximum atomic E-state index is 12.0. The van der Waals surface area contributed by atoms with Crippen LogP contribution in [0.15, 0.2) is 24.3 Å². The summed E-state index contributed by atoms with van der Waals surface area (Å²) in [4.78, 5) is 12.0. The zero-order valence-corrected chi connectivity index (χ0v) is 13.1. The van der Waals surface area contributed by atoms with E-state index in [-0.39, 0.29) is 5.91 Å². The fourth-order valence-electron chi connectivity index (χ4n) is 1.84. The lowest BCUT2D eigenvalue weighted by molar-refractivity contribution is -0.115. The number of benzene rings is 1. The summed E-state index contributed by atoms with van der Waals surface area (Å²) in [5, 5.41) is 12.3. The van der Waals surface area contributed by atoms with Gasteiger partial charge in [-0.15, -0.1) is 10.2 Å². The van der Waals surface area contributed by atoms with E-state index in [9.17, 15) is 4.79 Å². The molecular formula is C15H19N3O2S. The fraction of sp³-hybridized carbons (Fsp3) is 0.400. The normalized spacial score (nSPS) is 10.4. The van der Waals surface area contributed by atoms with Gasteiger partial charge in [0, 0.05) is 6.42 Å². The monoisotopic (exact) mass is 305 g/mol. The topological polar surface area (TPSA) is 64.1 Å². The van der Waals surface area contributed by atoms with Crippen molar-refractivity contribution < 1.29 is 9.53 Å². The second kappa shape index (κ2) is 7.73. The molecular weight excluding hydrogens is 286 g/mol. The summed E-state index contributed by atoms with van der Waals surface area (Å²) in [5.41, 5.74) is 0.939. The first-order chi connectivity index (χ1) is 10.2. The van der Waals surface area contributed by atoms with Crippen LogP contribution in [-0.2, 0) is 17.6 Å². The summed E-state index contributed by atoms with van der Waals surface area (Å²) in [7, 11) is 0. The Hall–Kier alpha value is -1.95. The number of nitrogens with zero attached hydrogens (tertiary/aromatic N) is 2. The summed E-state index contributed by atoms with van der Waals surface area (Å²) >= 11 is 1.43. The molecule has 0 atom stereocenters. The highest BCUT2D eigenvalue weighted by molar-refractivity contribution is 7.15. The first-order valence-corrected chi connectivity index (χ1v) is 7.87. The molecule has 0 spiro atoms. The number of hydrogen-bond donors (Lipinski definition) is 1. The third-order valence-corrected chi connectivity index (χ3v) is 3.67. The van der Waals surface area contributed by atoms with Crippen LogP contribution < -0.4 is 10.1 Å². The van der Waals surface area contributed by atoms with E-state index in [4.69, 9.17) is 4.74 Å². The maximum absolute atomic E-state index is 12.0. The Kier molecular flexibility index (Phi) is 5.68. The summed E-state index contributed by atoms with van der Waals surface area (Å²) in [6.07, 6.45) is 2.23. The fourth-order valence-corrected chi connectivity index (χ4v) is 2.70. The Morgan fingerprint density at radius 3 is 2.67 bits per heavy atom. The number of aryl methyl sites for hydroxylation is 1. The highest BCUT2D eigenvalue weighted by Crippen LogP contribution is 2.17. The highest BCUT2D eigenvalue weighted by Gasteiger charge is 2.08. The first kappa shape index (κ1) is 15.4. The molecule has 5 nitrogen and oxygen atoms in total. The highest BCUT2D eigenvalue weighted by atomic mass is 32.1. The maximum Gasteiger partial charge on any atom is 0.230 e. The molecule has 1 heterocycles. The van der Waals surface area contributed by atoms with Gasteiger partial charge in [0.15, 0.2) is 0 Å². The summed E-state index contributed by atoms with van der Waals surface area (Å²) in [6.45, 7) is 4.67. The molecule has 1 aromatic carbocycles. The van der Waals surface area contributed by atoms with Crippen molar-refractivity contribution in [1.82, 2.24) is 10.2 Å². The zero-order valence-electron chi connectivity index (χ0n) is 12.3. The van der Waals surface area contributed by atoms with Crippen LogP contribution in [0.5, 0.6) is 5.75 Å². The first-order valence-electron chi connectivity index (χ1n) is 7.05. The average Bonchev–Trinajstić information content (AvgIpc) is 2.89. The van der Waals surface area contributed by atoms with Crippen molar-refractivity contribution in [3.63, 3.8) is 0 Å². The predicted molar refractivity (Wildman–Crippen MR) is 83.8 cm³/mol. The van der Waals surface area contributed by atoms with E-state index in [1.807, 2.05) is 31.2 Å². The minimum atomic E-state index is -0.0849. The van der Waals surface area contributed by atoms with Gasteiger partial charge < -0.3 is 10.1 Å². The van der Waals surface area contributed by atoms with Crippen molar-refractivity contribution in [2.45, 2.75) is 33.1 Å². The number of nitrogens with one attached hydrogen (secondary N) is 1. The molecule has 2 rings (SSSR count). The molecule has 112 valence electrons. The van der Waals surface area contributed by atoms with E-state index in [0.29, 0.717) is 18.2 Å². The quantitative estimate of drug-likeness (QED) is 0.854. The van der Waals surface area contributed by atoms with Gasteiger partial charge in [0.05, 0.1) is 13.0 Å². The molecule has 0 saturated carbocycles. The number of aromatic nitrogens is 2. The Morgan fingerprint density at radius 1 is 1.24 bits per heavy atom. The lowest BCUT2D eigenvalue weighted by Crippen LogP contribution is -2.14. The molecule has 1 N–H and O–H groups in total. The van der Waals surface area contributed by atoms with Crippen molar-refractivity contribution in [3.8, 4) is 5.75 Å². The Bertz CT molecular complexity index is 581. The van der Waals surface area contributed by atoms with Crippen molar-refractivity contribution in [3.05, 3.63) is 34.8 Å². The number of amides is 1. The van der Waals surface area contributed by atoms with Gasteiger partial charge in [-0.3, -0.25) is 4.79 Å². The van der Waals surface area contributed by atoms with Crippen LogP contribution in [0.25, 0.3) is 0 Å². The van der Waals surface area contributed by atoms with Crippen LogP contribution in [0.1, 0.15) is 30.8 Å². The molecule has 0 bridgehead atoms. The van der Waals surface area contributed by atoms with Crippen LogP contribution in [-0.4, -0.2) is 22.7 Å². The molecule has 0 unspecified atom stereocenters. The van der Waals surface area contributed by atoms with Crippen LogP contribution in [0.4, 0.5) is 5.13 Å². The lowest BCUT2D eigenvalue weighted by Gasteiger charge is -2.04. The number of anilines is 1. The SMILES string of the molecule is CCCc1nnc(NC(=O)Cc2ccc(OCC)cc2)s1. The molecule has 21 heavy (non-hydrogen) atoms. The second-order valence-electron chi connectivity index (χ2n) is 4.55. The summed E-state index contributed by atoms with van der Waals surface area (Å²) in [6, 6.07) is 7.53. The molecule has 1 amide bonds. The molecule has 6 heteroatoms. The Balaban J connectivity index is 1.88. The van der Waals surface area contributed by atoms with Gasteiger partial charge in [-0.25, -0.2) is 0 Å². The van der Waals surface area contributed by atoms with Crippen molar-refractivity contribution in [1.29, 1.82) is 0 Å². The van der Waals surface area contributed by atoms with Crippen molar-refractivity contribution in [2.75, 3.05) is 11.9 Å². The minimum Gasteiger partial charge on any atom is -0.494 e. The molecule has 0 radical (unpaired) electrons. The van der Waals surface area contributed by atoms with Crippen LogP contribution in [0.2, 0.25) is 0 Å². The molecule has 0 aliphatic heterocycles. The Labute approximate surface area is 128 Å². The van der Waals surface area contributed by atoms with Crippen LogP contribution >= 0.6 is 11.3 Å². The summed E-state index contributed by atoms with van der Waals surface area (Å²) < 4.78 is 5.37. The number of carbonyl (C=O) groups is 1. The Morgan fingerprint density at radius 2 is 2.00 bits per heavy atom. The standard InChI is InChI=1S/C15H19N3O2S/c1-3-5-14-17-18-15(21-14)16-13(19)10-11-6-8-12(9-7-11)20-4-2/h6-9H,3-5,10H2,1-2H3,(H,16,18,19). The molecule has 0 aliphatic carbocycles. The van der Waals surface area contributed by atoms with E-state index >= 15 is 0 Å². The van der Waals surface area contributed by atoms with Gasteiger partial charge in [-0.05, 0) is 31.0 Å². The lowest BCUT2D eigenvalue weighted by atomic mass is 10.1. The molecule has 2 aromatic rings. The van der Waals surface area contributed by atoms with E-state index in [0.717, 1.165) is 29.2 Å². The van der Waals surface area contributed by atoms with Crippen molar-refractivity contribution in [2.24, 2.45) is 0 Å². The van der Waals surface area contributed by atoms with E-state index in [2.05, 4.69) is 22.4 Å². The number of rotatable bonds is 7. The molecule has 1 aromatic heterocycles. The largest absolute Gasteiger partial charge is 0.494 e. The van der Waals surface area contributed by atoms with Gasteiger partial charge in [0.1, 0.15) is 10.8 Å². The number of ether oxygens (including phenoxy) is 1. The predicted octanol–water partition coefficient (Wildman–Crippen LogP) is 3.07.